The van der Waals surface area contributed by atoms with Gasteiger partial charge in [0.2, 0.25) is 10.0 Å². The van der Waals surface area contributed by atoms with E-state index in [0.717, 1.165) is 25.7 Å². The van der Waals surface area contributed by atoms with Crippen LogP contribution in [0.1, 0.15) is 25.7 Å². The number of sulfonamides is 1. The van der Waals surface area contributed by atoms with Crippen molar-refractivity contribution in [2.75, 3.05) is 18.9 Å². The molecule has 8 heteroatoms. The quantitative estimate of drug-likeness (QED) is 0.709. The van der Waals surface area contributed by atoms with Crippen LogP contribution in [-0.2, 0) is 10.0 Å². The number of anilines is 1. The van der Waals surface area contributed by atoms with Gasteiger partial charge in [-0.2, -0.15) is 0 Å². The topological polar surface area (TPSA) is 92.4 Å². The van der Waals surface area contributed by atoms with E-state index in [2.05, 4.69) is 4.72 Å². The Balaban J connectivity index is 2.21. The summed E-state index contributed by atoms with van der Waals surface area (Å²) in [4.78, 5) is -0.0999. The Morgan fingerprint density at radius 2 is 1.90 bits per heavy atom. The Kier molecular flexibility index (Phi) is 5.05. The fourth-order valence-corrected chi connectivity index (χ4v) is 4.52. The third-order valence-corrected chi connectivity index (χ3v) is 6.31. The van der Waals surface area contributed by atoms with E-state index in [9.17, 15) is 13.5 Å². The smallest absolute Gasteiger partial charge is 0.242 e. The van der Waals surface area contributed by atoms with Crippen LogP contribution in [0, 0.1) is 5.41 Å². The van der Waals surface area contributed by atoms with Crippen molar-refractivity contribution in [1.82, 2.24) is 4.72 Å². The molecule has 118 valence electrons. The Morgan fingerprint density at radius 3 is 2.48 bits per heavy atom. The van der Waals surface area contributed by atoms with Crippen LogP contribution in [-0.4, -0.2) is 26.7 Å². The number of hydrogen-bond donors (Lipinski definition) is 3. The maximum Gasteiger partial charge on any atom is 0.242 e. The van der Waals surface area contributed by atoms with Crippen molar-refractivity contribution < 1.29 is 13.5 Å². The average Bonchev–Trinajstić information content (AvgIpc) is 2.92. The lowest BCUT2D eigenvalue weighted by Crippen LogP contribution is -2.38. The molecular weight excluding hydrogens is 335 g/mol. The molecule has 5 nitrogen and oxygen atoms in total. The molecule has 1 saturated carbocycles. The van der Waals surface area contributed by atoms with E-state index in [4.69, 9.17) is 28.9 Å². The maximum atomic E-state index is 12.4. The van der Waals surface area contributed by atoms with Gasteiger partial charge >= 0.3 is 0 Å². The van der Waals surface area contributed by atoms with Crippen molar-refractivity contribution in [2.24, 2.45) is 5.41 Å². The first-order valence-electron chi connectivity index (χ1n) is 6.65. The second kappa shape index (κ2) is 6.30. The highest BCUT2D eigenvalue weighted by Crippen LogP contribution is 2.38. The summed E-state index contributed by atoms with van der Waals surface area (Å²) in [6, 6.07) is 2.72. The SMILES string of the molecule is Nc1c(Cl)ccc(S(=O)(=O)NCC2(CO)CCCC2)c1Cl. The number of benzene rings is 1. The lowest BCUT2D eigenvalue weighted by molar-refractivity contribution is 0.134. The molecular formula is C13H18Cl2N2O3S. The summed E-state index contributed by atoms with van der Waals surface area (Å²) >= 11 is 11.8. The van der Waals surface area contributed by atoms with Gasteiger partial charge in [0.1, 0.15) is 4.90 Å². The zero-order valence-corrected chi connectivity index (χ0v) is 13.7. The van der Waals surface area contributed by atoms with Gasteiger partial charge in [0.05, 0.1) is 15.7 Å². The molecule has 0 aliphatic heterocycles. The van der Waals surface area contributed by atoms with Crippen LogP contribution in [0.4, 0.5) is 5.69 Å². The van der Waals surface area contributed by atoms with Gasteiger partial charge in [-0.1, -0.05) is 36.0 Å². The summed E-state index contributed by atoms with van der Waals surface area (Å²) < 4.78 is 27.2. The number of hydrogen-bond acceptors (Lipinski definition) is 4. The van der Waals surface area contributed by atoms with Crippen LogP contribution in [0.2, 0.25) is 10.0 Å². The van der Waals surface area contributed by atoms with E-state index in [1.54, 1.807) is 0 Å². The molecule has 0 unspecified atom stereocenters. The molecule has 4 N–H and O–H groups in total. The second-order valence-electron chi connectivity index (χ2n) is 5.46. The van der Waals surface area contributed by atoms with Crippen LogP contribution in [0.3, 0.4) is 0 Å². The first-order valence-corrected chi connectivity index (χ1v) is 8.89. The third-order valence-electron chi connectivity index (χ3n) is 4.02. The molecule has 0 aromatic heterocycles. The molecule has 0 spiro atoms. The summed E-state index contributed by atoms with van der Waals surface area (Å²) in [5, 5.41) is 9.65. The predicted octanol–water partition coefficient (Wildman–Crippen LogP) is 2.41. The minimum atomic E-state index is -3.80. The Labute approximate surface area is 134 Å². The lowest BCUT2D eigenvalue weighted by atomic mass is 9.88. The molecule has 21 heavy (non-hydrogen) atoms. The second-order valence-corrected chi connectivity index (χ2v) is 7.98. The van der Waals surface area contributed by atoms with Crippen molar-refractivity contribution in [3.05, 3.63) is 22.2 Å². The lowest BCUT2D eigenvalue weighted by Gasteiger charge is -2.26. The normalized spacial score (nSPS) is 18.0. The molecule has 0 bridgehead atoms. The number of nitrogens with two attached hydrogens (primary N) is 1. The van der Waals surface area contributed by atoms with Crippen LogP contribution < -0.4 is 10.5 Å². The summed E-state index contributed by atoms with van der Waals surface area (Å²) in [7, 11) is -3.80. The number of aliphatic hydroxyl groups excluding tert-OH is 1. The Bertz CT molecular complexity index is 629. The third kappa shape index (κ3) is 3.46. The number of rotatable bonds is 5. The highest BCUT2D eigenvalue weighted by atomic mass is 35.5. The minimum Gasteiger partial charge on any atom is -0.396 e. The molecule has 1 aromatic rings. The minimum absolute atomic E-state index is 0.0357. The highest BCUT2D eigenvalue weighted by Gasteiger charge is 2.35. The first kappa shape index (κ1) is 16.8. The molecule has 0 amide bonds. The number of nitrogens with one attached hydrogen (secondary N) is 1. The molecule has 0 heterocycles. The Hall–Kier alpha value is -0.530. The molecule has 0 radical (unpaired) electrons. The van der Waals surface area contributed by atoms with E-state index >= 15 is 0 Å². The molecule has 2 rings (SSSR count). The van der Waals surface area contributed by atoms with Gasteiger partial charge in [-0.15, -0.1) is 0 Å². The highest BCUT2D eigenvalue weighted by molar-refractivity contribution is 7.89. The largest absolute Gasteiger partial charge is 0.396 e. The van der Waals surface area contributed by atoms with Gasteiger partial charge in [0.25, 0.3) is 0 Å². The van der Waals surface area contributed by atoms with Gasteiger partial charge in [-0.25, -0.2) is 13.1 Å². The van der Waals surface area contributed by atoms with Gasteiger partial charge in [0.15, 0.2) is 0 Å². The van der Waals surface area contributed by atoms with Crippen molar-refractivity contribution >= 4 is 38.9 Å². The van der Waals surface area contributed by atoms with E-state index < -0.39 is 10.0 Å². The van der Waals surface area contributed by atoms with Crippen molar-refractivity contribution in [3.63, 3.8) is 0 Å². The maximum absolute atomic E-state index is 12.4. The number of halogens is 2. The molecule has 0 saturated heterocycles. The molecule has 1 aliphatic carbocycles. The number of aliphatic hydroxyl groups is 1. The predicted molar refractivity (Wildman–Crippen MR) is 84.0 cm³/mol. The molecule has 1 aliphatic rings. The first-order chi connectivity index (χ1) is 9.81. The van der Waals surface area contributed by atoms with E-state index in [1.807, 2.05) is 0 Å². The monoisotopic (exact) mass is 352 g/mol. The van der Waals surface area contributed by atoms with Gasteiger partial charge in [-0.3, -0.25) is 0 Å². The fraction of sp³-hybridized carbons (Fsp3) is 0.538. The van der Waals surface area contributed by atoms with Gasteiger partial charge < -0.3 is 10.8 Å². The standard InChI is InChI=1S/C13H18Cl2N2O3S/c14-9-3-4-10(11(15)12(9)16)21(19,20)17-7-13(8-18)5-1-2-6-13/h3-4,17-18H,1-2,5-8,16H2. The van der Waals surface area contributed by atoms with E-state index in [-0.39, 0.29) is 39.2 Å². The summed E-state index contributed by atoms with van der Waals surface area (Å²) in [5.41, 5.74) is 5.32. The van der Waals surface area contributed by atoms with E-state index in [1.165, 1.54) is 12.1 Å². The number of nitrogen functional groups attached to an aromatic ring is 1. The van der Waals surface area contributed by atoms with E-state index in [0.29, 0.717) is 0 Å². The van der Waals surface area contributed by atoms with Crippen LogP contribution >= 0.6 is 23.2 Å². The van der Waals surface area contributed by atoms with Crippen LogP contribution in [0.5, 0.6) is 0 Å². The van der Waals surface area contributed by atoms with Crippen LogP contribution in [0.25, 0.3) is 0 Å². The molecule has 1 fully saturated rings. The Morgan fingerprint density at radius 1 is 1.29 bits per heavy atom. The van der Waals surface area contributed by atoms with Crippen molar-refractivity contribution in [3.8, 4) is 0 Å². The zero-order chi connectivity index (χ0) is 15.7. The van der Waals surface area contributed by atoms with Gasteiger partial charge in [-0.05, 0) is 25.0 Å². The average molecular weight is 353 g/mol. The summed E-state index contributed by atoms with van der Waals surface area (Å²) in [5.74, 6) is 0. The molecule has 0 atom stereocenters. The van der Waals surface area contributed by atoms with Crippen LogP contribution in [0.15, 0.2) is 17.0 Å². The summed E-state index contributed by atoms with van der Waals surface area (Å²) in [6.45, 7) is 0.150. The fourth-order valence-electron chi connectivity index (χ4n) is 2.60. The zero-order valence-electron chi connectivity index (χ0n) is 11.4. The summed E-state index contributed by atoms with van der Waals surface area (Å²) in [6.07, 6.45) is 3.61. The molecule has 1 aromatic carbocycles. The van der Waals surface area contributed by atoms with Crippen molar-refractivity contribution in [2.45, 2.75) is 30.6 Å². The van der Waals surface area contributed by atoms with Crippen molar-refractivity contribution in [1.29, 1.82) is 0 Å². The van der Waals surface area contributed by atoms with Gasteiger partial charge in [0, 0.05) is 18.6 Å².